The predicted octanol–water partition coefficient (Wildman–Crippen LogP) is 2.44. The second-order valence-corrected chi connectivity index (χ2v) is 9.32. The summed E-state index contributed by atoms with van der Waals surface area (Å²) in [4.78, 5) is 2.46. The third-order valence-corrected chi connectivity index (χ3v) is 6.24. The third-order valence-electron chi connectivity index (χ3n) is 6.24. The summed E-state index contributed by atoms with van der Waals surface area (Å²) in [5.41, 5.74) is 1.39. The Bertz CT molecular complexity index is 825. The molecule has 4 rings (SSSR count). The summed E-state index contributed by atoms with van der Waals surface area (Å²) in [5.74, 6) is 0. The van der Waals surface area contributed by atoms with Crippen LogP contribution in [0, 0.1) is 0 Å². The minimum atomic E-state index is -0.339. The number of nitrogens with zero attached hydrogens (tertiary/aromatic N) is 3. The molecule has 1 aromatic carbocycles. The summed E-state index contributed by atoms with van der Waals surface area (Å²) in [6.45, 7) is 16.4. The van der Waals surface area contributed by atoms with E-state index >= 15 is 0 Å². The lowest BCUT2D eigenvalue weighted by Gasteiger charge is -2.35. The standard InChI is InChI=1S/C21H32BN3O3/c1-15-12-24(13-16(2)26-15)9-10-25-14-17-11-18(7-8-19(17)23-25)22-27-20(3,4)21(5,6)28-22/h7-8,11,14-16H,9-10,12-13H2,1-6H3. The van der Waals surface area contributed by atoms with E-state index in [0.717, 1.165) is 42.5 Å². The molecule has 1 aromatic heterocycles. The summed E-state index contributed by atoms with van der Waals surface area (Å²) in [6.07, 6.45) is 2.71. The molecule has 2 saturated heterocycles. The number of rotatable bonds is 4. The van der Waals surface area contributed by atoms with E-state index < -0.39 is 0 Å². The lowest BCUT2D eigenvalue weighted by Crippen LogP contribution is -2.46. The van der Waals surface area contributed by atoms with Crippen LogP contribution in [0.25, 0.3) is 10.9 Å². The normalized spacial score (nSPS) is 27.6. The van der Waals surface area contributed by atoms with Crippen LogP contribution in [0.15, 0.2) is 24.4 Å². The van der Waals surface area contributed by atoms with Crippen molar-refractivity contribution in [1.29, 1.82) is 0 Å². The predicted molar refractivity (Wildman–Crippen MR) is 112 cm³/mol. The first-order chi connectivity index (χ1) is 13.1. The van der Waals surface area contributed by atoms with Crippen LogP contribution in [0.1, 0.15) is 41.5 Å². The van der Waals surface area contributed by atoms with Gasteiger partial charge in [-0.25, -0.2) is 0 Å². The molecule has 2 aromatic rings. The molecule has 2 aliphatic heterocycles. The molecule has 0 amide bonds. The topological polar surface area (TPSA) is 48.8 Å². The zero-order chi connectivity index (χ0) is 20.1. The van der Waals surface area contributed by atoms with Crippen LogP contribution in [0.4, 0.5) is 0 Å². The summed E-state index contributed by atoms with van der Waals surface area (Å²) >= 11 is 0. The van der Waals surface area contributed by atoms with Crippen LogP contribution in [-0.2, 0) is 20.6 Å². The van der Waals surface area contributed by atoms with Crippen molar-refractivity contribution < 1.29 is 14.0 Å². The van der Waals surface area contributed by atoms with Crippen molar-refractivity contribution in [1.82, 2.24) is 14.7 Å². The molecule has 2 unspecified atom stereocenters. The second kappa shape index (κ2) is 7.13. The van der Waals surface area contributed by atoms with E-state index in [2.05, 4.69) is 70.8 Å². The highest BCUT2D eigenvalue weighted by molar-refractivity contribution is 6.62. The van der Waals surface area contributed by atoms with Crippen molar-refractivity contribution in [2.75, 3.05) is 19.6 Å². The monoisotopic (exact) mass is 385 g/mol. The first kappa shape index (κ1) is 19.9. The van der Waals surface area contributed by atoms with Gasteiger partial charge in [0.1, 0.15) is 0 Å². The molecule has 2 aliphatic rings. The number of hydrogen-bond donors (Lipinski definition) is 0. The second-order valence-electron chi connectivity index (χ2n) is 9.32. The summed E-state index contributed by atoms with van der Waals surface area (Å²) in [6, 6.07) is 6.26. The van der Waals surface area contributed by atoms with Gasteiger partial charge < -0.3 is 14.0 Å². The van der Waals surface area contributed by atoms with Gasteiger partial charge in [-0.15, -0.1) is 0 Å². The zero-order valence-electron chi connectivity index (χ0n) is 17.9. The summed E-state index contributed by atoms with van der Waals surface area (Å²) in [7, 11) is -0.339. The molecule has 0 N–H and O–H groups in total. The van der Waals surface area contributed by atoms with Crippen molar-refractivity contribution >= 4 is 23.5 Å². The van der Waals surface area contributed by atoms with Gasteiger partial charge in [0.15, 0.2) is 0 Å². The number of morpholine rings is 1. The smallest absolute Gasteiger partial charge is 0.399 e. The summed E-state index contributed by atoms with van der Waals surface area (Å²) in [5, 5.41) is 5.86. The maximum absolute atomic E-state index is 6.18. The minimum absolute atomic E-state index is 0.294. The Kier molecular flexibility index (Phi) is 5.07. The van der Waals surface area contributed by atoms with Crippen LogP contribution < -0.4 is 5.46 Å². The fourth-order valence-electron chi connectivity index (χ4n) is 4.05. The van der Waals surface area contributed by atoms with Crippen molar-refractivity contribution in [3.05, 3.63) is 24.4 Å². The van der Waals surface area contributed by atoms with E-state index in [4.69, 9.17) is 19.1 Å². The molecule has 0 saturated carbocycles. The molecule has 2 fully saturated rings. The molecule has 2 atom stereocenters. The molecule has 0 aliphatic carbocycles. The van der Waals surface area contributed by atoms with Gasteiger partial charge in [0.05, 0.1) is 35.5 Å². The molecule has 0 bridgehead atoms. The van der Waals surface area contributed by atoms with Gasteiger partial charge in [0.25, 0.3) is 0 Å². The van der Waals surface area contributed by atoms with E-state index in [1.165, 1.54) is 0 Å². The average Bonchev–Trinajstić information content (AvgIpc) is 3.09. The Morgan fingerprint density at radius 2 is 1.68 bits per heavy atom. The molecule has 152 valence electrons. The number of benzene rings is 1. The van der Waals surface area contributed by atoms with E-state index in [9.17, 15) is 0 Å². The molecule has 3 heterocycles. The highest BCUT2D eigenvalue weighted by Crippen LogP contribution is 2.36. The van der Waals surface area contributed by atoms with Crippen LogP contribution >= 0.6 is 0 Å². The van der Waals surface area contributed by atoms with Crippen LogP contribution in [0.3, 0.4) is 0 Å². The van der Waals surface area contributed by atoms with Crippen molar-refractivity contribution in [3.63, 3.8) is 0 Å². The number of fused-ring (bicyclic) bond motifs is 1. The van der Waals surface area contributed by atoms with Gasteiger partial charge in [-0.2, -0.15) is 5.10 Å². The highest BCUT2D eigenvalue weighted by atomic mass is 16.7. The quantitative estimate of drug-likeness (QED) is 0.757. The average molecular weight is 385 g/mol. The largest absolute Gasteiger partial charge is 0.494 e. The van der Waals surface area contributed by atoms with Crippen molar-refractivity contribution in [2.45, 2.75) is 71.5 Å². The molecular formula is C21H32BN3O3. The van der Waals surface area contributed by atoms with Gasteiger partial charge in [-0.3, -0.25) is 9.58 Å². The van der Waals surface area contributed by atoms with Gasteiger partial charge in [-0.05, 0) is 53.1 Å². The fraction of sp³-hybridized carbons (Fsp3) is 0.667. The van der Waals surface area contributed by atoms with E-state index in [0.29, 0.717) is 12.2 Å². The number of aromatic nitrogens is 2. The van der Waals surface area contributed by atoms with Gasteiger partial charge >= 0.3 is 7.12 Å². The van der Waals surface area contributed by atoms with Crippen molar-refractivity contribution in [3.8, 4) is 0 Å². The molecule has 6 nitrogen and oxygen atoms in total. The molecule has 7 heteroatoms. The van der Waals surface area contributed by atoms with Crippen LogP contribution in [-0.4, -0.2) is 64.8 Å². The number of ether oxygens (including phenoxy) is 1. The van der Waals surface area contributed by atoms with E-state index in [-0.39, 0.29) is 18.3 Å². The number of hydrogen-bond acceptors (Lipinski definition) is 5. The lowest BCUT2D eigenvalue weighted by molar-refractivity contribution is -0.0687. The Morgan fingerprint density at radius 3 is 2.32 bits per heavy atom. The van der Waals surface area contributed by atoms with Crippen LogP contribution in [0.5, 0.6) is 0 Å². The highest BCUT2D eigenvalue weighted by Gasteiger charge is 2.51. The van der Waals surface area contributed by atoms with E-state index in [1.54, 1.807) is 0 Å². The minimum Gasteiger partial charge on any atom is -0.399 e. The first-order valence-electron chi connectivity index (χ1n) is 10.3. The molecule has 0 spiro atoms. The Hall–Kier alpha value is -1.41. The summed E-state index contributed by atoms with van der Waals surface area (Å²) < 4.78 is 20.2. The Morgan fingerprint density at radius 1 is 1.04 bits per heavy atom. The van der Waals surface area contributed by atoms with Gasteiger partial charge in [0.2, 0.25) is 0 Å². The SMILES string of the molecule is CC1CN(CCn2cc3cc(B4OC(C)(C)C(C)(C)O4)ccc3n2)CC(C)O1. The maximum atomic E-state index is 6.18. The first-order valence-corrected chi connectivity index (χ1v) is 10.3. The van der Waals surface area contributed by atoms with Gasteiger partial charge in [-0.1, -0.05) is 12.1 Å². The van der Waals surface area contributed by atoms with Gasteiger partial charge in [0, 0.05) is 31.2 Å². The maximum Gasteiger partial charge on any atom is 0.494 e. The third kappa shape index (κ3) is 3.86. The van der Waals surface area contributed by atoms with Crippen LogP contribution in [0.2, 0.25) is 0 Å². The molecular weight excluding hydrogens is 353 g/mol. The molecule has 28 heavy (non-hydrogen) atoms. The molecule has 0 radical (unpaired) electrons. The van der Waals surface area contributed by atoms with E-state index in [1.807, 2.05) is 4.68 Å². The Balaban J connectivity index is 1.45. The lowest BCUT2D eigenvalue weighted by atomic mass is 9.79. The zero-order valence-corrected chi connectivity index (χ0v) is 17.9. The Labute approximate surface area is 168 Å². The van der Waals surface area contributed by atoms with Crippen molar-refractivity contribution in [2.24, 2.45) is 0 Å². The fourth-order valence-corrected chi connectivity index (χ4v) is 4.05.